The molecule has 0 radical (unpaired) electrons. The van der Waals surface area contributed by atoms with Crippen LogP contribution in [-0.4, -0.2) is 17.3 Å². The van der Waals surface area contributed by atoms with Gasteiger partial charge >= 0.3 is 0 Å². The highest BCUT2D eigenvalue weighted by atomic mass is 16.6. The molecule has 3 N–H and O–H groups in total. The maximum Gasteiger partial charge on any atom is 0.217 e. The minimum absolute atomic E-state index is 0.0512. The number of ether oxygens (including phenoxy) is 1. The van der Waals surface area contributed by atoms with Gasteiger partial charge in [-0.1, -0.05) is 91.0 Å². The normalized spacial score (nSPS) is 12.5. The maximum absolute atomic E-state index is 11.1. The van der Waals surface area contributed by atoms with Gasteiger partial charge in [-0.15, -0.1) is 0 Å². The van der Waals surface area contributed by atoms with Crippen LogP contribution in [0.15, 0.2) is 91.0 Å². The van der Waals surface area contributed by atoms with E-state index in [9.17, 15) is 9.90 Å². The molecule has 0 aliphatic rings. The van der Waals surface area contributed by atoms with Crippen LogP contribution < -0.4 is 5.73 Å². The number of nitrogens with two attached hydrogens (primary N) is 1. The molecule has 138 valence electrons. The van der Waals surface area contributed by atoms with Crippen molar-refractivity contribution >= 4 is 5.91 Å². The molecular weight excluding hydrogens is 338 g/mol. The van der Waals surface area contributed by atoms with Crippen LogP contribution in [0.5, 0.6) is 0 Å². The lowest BCUT2D eigenvalue weighted by molar-refractivity contribution is -0.164. The summed E-state index contributed by atoms with van der Waals surface area (Å²) in [5, 5.41) is 10.6. The van der Waals surface area contributed by atoms with E-state index in [-0.39, 0.29) is 12.8 Å². The van der Waals surface area contributed by atoms with Crippen LogP contribution in [-0.2, 0) is 15.1 Å². The van der Waals surface area contributed by atoms with Gasteiger partial charge in [-0.05, 0) is 16.7 Å². The number of hydrogen-bond donors (Lipinski definition) is 2. The zero-order valence-electron chi connectivity index (χ0n) is 15.0. The first-order chi connectivity index (χ1) is 13.1. The summed E-state index contributed by atoms with van der Waals surface area (Å²) in [4.78, 5) is 11.1. The zero-order valence-corrected chi connectivity index (χ0v) is 15.0. The number of hydrogen-bond acceptors (Lipinski definition) is 3. The third-order valence-electron chi connectivity index (χ3n) is 4.49. The number of aliphatic hydroxyl groups excluding tert-OH is 1. The van der Waals surface area contributed by atoms with Gasteiger partial charge in [0.2, 0.25) is 5.91 Å². The van der Waals surface area contributed by atoms with Crippen molar-refractivity contribution in [3.8, 4) is 0 Å². The predicted octanol–water partition coefficient (Wildman–Crippen LogP) is 3.58. The molecule has 4 nitrogen and oxygen atoms in total. The van der Waals surface area contributed by atoms with Crippen molar-refractivity contribution in [1.29, 1.82) is 0 Å². The number of rotatable bonds is 8. The smallest absolute Gasteiger partial charge is 0.217 e. The van der Waals surface area contributed by atoms with Crippen molar-refractivity contribution in [3.63, 3.8) is 0 Å². The monoisotopic (exact) mass is 361 g/mol. The summed E-state index contributed by atoms with van der Waals surface area (Å²) >= 11 is 0. The fourth-order valence-corrected chi connectivity index (χ4v) is 3.25. The van der Waals surface area contributed by atoms with E-state index in [0.29, 0.717) is 0 Å². The summed E-state index contributed by atoms with van der Waals surface area (Å²) in [6.45, 7) is 0. The van der Waals surface area contributed by atoms with E-state index < -0.39 is 17.8 Å². The zero-order chi connectivity index (χ0) is 19.1. The molecule has 0 aliphatic carbocycles. The quantitative estimate of drug-likeness (QED) is 0.476. The second-order valence-corrected chi connectivity index (χ2v) is 6.36. The van der Waals surface area contributed by atoms with E-state index in [2.05, 4.69) is 0 Å². The topological polar surface area (TPSA) is 72.6 Å². The average molecular weight is 361 g/mol. The van der Waals surface area contributed by atoms with Crippen LogP contribution in [0.25, 0.3) is 0 Å². The minimum atomic E-state index is -1.15. The Bertz CT molecular complexity index is 754. The third kappa shape index (κ3) is 4.25. The predicted molar refractivity (Wildman–Crippen MR) is 105 cm³/mol. The molecule has 1 amide bonds. The Kier molecular flexibility index (Phi) is 6.01. The van der Waals surface area contributed by atoms with E-state index in [0.717, 1.165) is 16.7 Å². The molecule has 1 atom stereocenters. The molecule has 3 aromatic carbocycles. The molecule has 0 spiro atoms. The standard InChI is InChI=1S/C23H23NO3/c24-21(25)16-17-22(26)27-23(18-10-4-1-5-11-18,19-12-6-2-7-13-19)20-14-8-3-9-15-20/h1-15,22,26H,16-17H2,(H2,24,25)/t22-/m0/s1. The van der Waals surface area contributed by atoms with Crippen molar-refractivity contribution in [3.05, 3.63) is 108 Å². The Morgan fingerprint density at radius 1 is 0.815 bits per heavy atom. The lowest BCUT2D eigenvalue weighted by atomic mass is 9.80. The summed E-state index contributed by atoms with van der Waals surface area (Å²) in [5.41, 5.74) is 6.89. The summed E-state index contributed by atoms with van der Waals surface area (Å²) in [6.07, 6.45) is -0.975. The van der Waals surface area contributed by atoms with Gasteiger partial charge in [-0.25, -0.2) is 0 Å². The summed E-state index contributed by atoms with van der Waals surface area (Å²) in [6, 6.07) is 29.3. The summed E-state index contributed by atoms with van der Waals surface area (Å²) in [5.74, 6) is -0.470. The lowest BCUT2D eigenvalue weighted by Crippen LogP contribution is -2.37. The van der Waals surface area contributed by atoms with E-state index in [1.165, 1.54) is 0 Å². The van der Waals surface area contributed by atoms with Crippen LogP contribution in [0, 0.1) is 0 Å². The van der Waals surface area contributed by atoms with Crippen molar-refractivity contribution in [2.24, 2.45) is 5.73 Å². The highest BCUT2D eigenvalue weighted by molar-refractivity contribution is 5.73. The molecule has 0 aliphatic heterocycles. The van der Waals surface area contributed by atoms with E-state index in [1.54, 1.807) is 0 Å². The van der Waals surface area contributed by atoms with E-state index in [4.69, 9.17) is 10.5 Å². The SMILES string of the molecule is NC(=O)CC[C@@H](O)OC(c1ccccc1)(c1ccccc1)c1ccccc1. The van der Waals surface area contributed by atoms with E-state index >= 15 is 0 Å². The van der Waals surface area contributed by atoms with Crippen molar-refractivity contribution in [1.82, 2.24) is 0 Å². The number of amides is 1. The molecule has 0 saturated heterocycles. The highest BCUT2D eigenvalue weighted by Gasteiger charge is 2.39. The second-order valence-electron chi connectivity index (χ2n) is 6.36. The summed E-state index contributed by atoms with van der Waals surface area (Å²) in [7, 11) is 0. The molecule has 0 fully saturated rings. The van der Waals surface area contributed by atoms with Gasteiger partial charge < -0.3 is 15.6 Å². The van der Waals surface area contributed by atoms with Crippen LogP contribution in [0.4, 0.5) is 0 Å². The Morgan fingerprint density at radius 2 is 1.19 bits per heavy atom. The fourth-order valence-electron chi connectivity index (χ4n) is 3.25. The average Bonchev–Trinajstić information content (AvgIpc) is 2.72. The Labute approximate surface area is 159 Å². The van der Waals surface area contributed by atoms with Gasteiger partial charge in [0.15, 0.2) is 6.29 Å². The molecule has 0 unspecified atom stereocenters. The van der Waals surface area contributed by atoms with Crippen LogP contribution in [0.3, 0.4) is 0 Å². The van der Waals surface area contributed by atoms with Crippen molar-refractivity contribution < 1.29 is 14.6 Å². The molecule has 0 heterocycles. The number of aliphatic hydroxyl groups is 1. The van der Waals surface area contributed by atoms with Gasteiger partial charge in [-0.3, -0.25) is 4.79 Å². The lowest BCUT2D eigenvalue weighted by Gasteiger charge is -2.37. The third-order valence-corrected chi connectivity index (χ3v) is 4.49. The maximum atomic E-state index is 11.1. The van der Waals surface area contributed by atoms with Crippen LogP contribution >= 0.6 is 0 Å². The van der Waals surface area contributed by atoms with Crippen LogP contribution in [0.1, 0.15) is 29.5 Å². The Morgan fingerprint density at radius 3 is 1.52 bits per heavy atom. The number of primary amides is 1. The first-order valence-electron chi connectivity index (χ1n) is 8.93. The number of benzene rings is 3. The first-order valence-corrected chi connectivity index (χ1v) is 8.93. The van der Waals surface area contributed by atoms with Gasteiger partial charge in [0.05, 0.1) is 0 Å². The largest absolute Gasteiger partial charge is 0.370 e. The fraction of sp³-hybridized carbons (Fsp3) is 0.174. The molecule has 4 heteroatoms. The van der Waals surface area contributed by atoms with Gasteiger partial charge in [0.25, 0.3) is 0 Å². The Balaban J connectivity index is 2.15. The molecule has 3 aromatic rings. The van der Waals surface area contributed by atoms with Gasteiger partial charge in [-0.2, -0.15) is 0 Å². The molecule has 27 heavy (non-hydrogen) atoms. The van der Waals surface area contributed by atoms with E-state index in [1.807, 2.05) is 91.0 Å². The molecule has 0 bridgehead atoms. The number of carbonyl (C=O) groups excluding carboxylic acids is 1. The van der Waals surface area contributed by atoms with Gasteiger partial charge in [0.1, 0.15) is 5.60 Å². The second kappa shape index (κ2) is 8.62. The molecule has 0 saturated carbocycles. The van der Waals surface area contributed by atoms with Crippen molar-refractivity contribution in [2.75, 3.05) is 0 Å². The Hall–Kier alpha value is -2.95. The summed E-state index contributed by atoms with van der Waals surface area (Å²) < 4.78 is 6.29. The van der Waals surface area contributed by atoms with Gasteiger partial charge in [0, 0.05) is 12.8 Å². The first kappa shape index (κ1) is 18.8. The number of carbonyl (C=O) groups is 1. The molecule has 0 aromatic heterocycles. The minimum Gasteiger partial charge on any atom is -0.370 e. The van der Waals surface area contributed by atoms with Crippen molar-refractivity contribution in [2.45, 2.75) is 24.7 Å². The highest BCUT2D eigenvalue weighted by Crippen LogP contribution is 2.41. The molecule has 3 rings (SSSR count). The molecular formula is C23H23NO3. The van der Waals surface area contributed by atoms with Crippen LogP contribution in [0.2, 0.25) is 0 Å².